The van der Waals surface area contributed by atoms with Gasteiger partial charge in [0.15, 0.2) is 0 Å². The molecule has 0 aromatic rings. The van der Waals surface area contributed by atoms with Gasteiger partial charge >= 0.3 is 0 Å². The van der Waals surface area contributed by atoms with Crippen molar-refractivity contribution in [3.63, 3.8) is 0 Å². The predicted molar refractivity (Wildman–Crippen MR) is 81.2 cm³/mol. The first-order chi connectivity index (χ1) is 9.03. The normalized spacial score (nSPS) is 16.5. The molecule has 0 aromatic carbocycles. The SMILES string of the molecule is C=CC.CC1CCCCC1.CN/C(C)=C(F)/C=C/F. The minimum absolute atomic E-state index is 0.163. The van der Waals surface area contributed by atoms with E-state index in [1.165, 1.54) is 39.0 Å². The molecule has 1 aliphatic carbocycles. The Balaban J connectivity index is 0. The maximum absolute atomic E-state index is 12.3. The summed E-state index contributed by atoms with van der Waals surface area (Å²) in [5.74, 6) is 0.453. The lowest BCUT2D eigenvalue weighted by molar-refractivity contribution is 0.385. The molecule has 1 rings (SSSR count). The van der Waals surface area contributed by atoms with Crippen molar-refractivity contribution < 1.29 is 8.78 Å². The molecule has 0 unspecified atom stereocenters. The number of nitrogens with one attached hydrogen (secondary N) is 1. The summed E-state index contributed by atoms with van der Waals surface area (Å²) in [6, 6.07) is 0. The van der Waals surface area contributed by atoms with Crippen molar-refractivity contribution in [3.05, 3.63) is 36.6 Å². The van der Waals surface area contributed by atoms with Crippen LogP contribution in [0.15, 0.2) is 36.6 Å². The second kappa shape index (κ2) is 14.9. The molecular formula is C16H29F2N. The van der Waals surface area contributed by atoms with Gasteiger partial charge in [-0.2, -0.15) is 0 Å². The smallest absolute Gasteiger partial charge is 0.144 e. The molecule has 112 valence electrons. The Labute approximate surface area is 117 Å². The van der Waals surface area contributed by atoms with Gasteiger partial charge in [0.05, 0.1) is 6.33 Å². The van der Waals surface area contributed by atoms with E-state index in [0.717, 1.165) is 12.0 Å². The van der Waals surface area contributed by atoms with E-state index in [2.05, 4.69) is 18.8 Å². The minimum Gasteiger partial charge on any atom is -0.389 e. The largest absolute Gasteiger partial charge is 0.389 e. The first-order valence-electron chi connectivity index (χ1n) is 6.91. The average molecular weight is 273 g/mol. The van der Waals surface area contributed by atoms with Crippen molar-refractivity contribution in [2.75, 3.05) is 7.05 Å². The number of allylic oxidation sites excluding steroid dienone is 4. The van der Waals surface area contributed by atoms with Crippen molar-refractivity contribution >= 4 is 0 Å². The highest BCUT2D eigenvalue weighted by atomic mass is 19.1. The van der Waals surface area contributed by atoms with E-state index in [4.69, 9.17) is 0 Å². The summed E-state index contributed by atoms with van der Waals surface area (Å²) in [4.78, 5) is 0. The Morgan fingerprint density at radius 1 is 1.26 bits per heavy atom. The quantitative estimate of drug-likeness (QED) is 0.505. The van der Waals surface area contributed by atoms with Crippen LogP contribution in [0.3, 0.4) is 0 Å². The van der Waals surface area contributed by atoms with E-state index in [-0.39, 0.29) is 6.33 Å². The van der Waals surface area contributed by atoms with Crippen LogP contribution in [0, 0.1) is 5.92 Å². The third-order valence-electron chi connectivity index (χ3n) is 2.84. The Hall–Kier alpha value is -1.12. The summed E-state index contributed by atoms with van der Waals surface area (Å²) in [5.41, 5.74) is 0.323. The lowest BCUT2D eigenvalue weighted by Crippen LogP contribution is -2.02. The van der Waals surface area contributed by atoms with Gasteiger partial charge in [0.1, 0.15) is 5.83 Å². The zero-order valence-electron chi connectivity index (χ0n) is 12.8. The molecule has 1 N–H and O–H groups in total. The third kappa shape index (κ3) is 14.8. The summed E-state index contributed by atoms with van der Waals surface area (Å²) in [6.45, 7) is 9.13. The number of hydrogen-bond donors (Lipinski definition) is 1. The van der Waals surface area contributed by atoms with Crippen LogP contribution in [0.2, 0.25) is 0 Å². The summed E-state index contributed by atoms with van der Waals surface area (Å²) in [5, 5.41) is 2.54. The molecule has 0 atom stereocenters. The van der Waals surface area contributed by atoms with Crippen LogP contribution in [0.1, 0.15) is 52.9 Å². The Morgan fingerprint density at radius 3 is 2.00 bits per heavy atom. The van der Waals surface area contributed by atoms with Gasteiger partial charge in [-0.05, 0) is 19.8 Å². The van der Waals surface area contributed by atoms with E-state index < -0.39 is 5.83 Å². The van der Waals surface area contributed by atoms with E-state index >= 15 is 0 Å². The van der Waals surface area contributed by atoms with Crippen molar-refractivity contribution in [2.45, 2.75) is 52.9 Å². The van der Waals surface area contributed by atoms with Gasteiger partial charge in [-0.15, -0.1) is 6.58 Å². The van der Waals surface area contributed by atoms with Gasteiger partial charge < -0.3 is 5.32 Å². The molecule has 1 fully saturated rings. The van der Waals surface area contributed by atoms with Crippen LogP contribution >= 0.6 is 0 Å². The standard InChI is InChI=1S/C7H14.C6H9F2N.C3H6/c1-7-5-3-2-4-6-7;1-5(9-2)6(8)3-4-7;1-3-2/h7H,2-6H2,1H3;3-4,9H,1-2H3;3H,1H2,2H3/b;4-3+,6-5-;. The first-order valence-corrected chi connectivity index (χ1v) is 6.91. The van der Waals surface area contributed by atoms with Crippen molar-refractivity contribution in [2.24, 2.45) is 5.92 Å². The molecule has 0 amide bonds. The Kier molecular flexibility index (Phi) is 15.9. The van der Waals surface area contributed by atoms with Gasteiger partial charge in [0.2, 0.25) is 0 Å². The first kappa shape index (κ1) is 20.2. The summed E-state index contributed by atoms with van der Waals surface area (Å²) in [6.07, 6.45) is 10.1. The van der Waals surface area contributed by atoms with Crippen LogP contribution in [0.25, 0.3) is 0 Å². The maximum Gasteiger partial charge on any atom is 0.144 e. The molecule has 3 heteroatoms. The summed E-state index contributed by atoms with van der Waals surface area (Å²) in [7, 11) is 1.57. The topological polar surface area (TPSA) is 12.0 Å². The second-order valence-electron chi connectivity index (χ2n) is 4.67. The van der Waals surface area contributed by atoms with Gasteiger partial charge in [0, 0.05) is 18.8 Å². The Morgan fingerprint density at radius 2 is 1.74 bits per heavy atom. The van der Waals surface area contributed by atoms with Crippen LogP contribution in [0.5, 0.6) is 0 Å². The zero-order valence-corrected chi connectivity index (χ0v) is 12.8. The van der Waals surface area contributed by atoms with E-state index in [0.29, 0.717) is 5.70 Å². The fourth-order valence-electron chi connectivity index (χ4n) is 1.61. The van der Waals surface area contributed by atoms with Crippen molar-refractivity contribution in [1.29, 1.82) is 0 Å². The molecule has 0 aromatic heterocycles. The van der Waals surface area contributed by atoms with Crippen LogP contribution < -0.4 is 5.32 Å². The molecule has 0 bridgehead atoms. The summed E-state index contributed by atoms with van der Waals surface area (Å²) >= 11 is 0. The van der Waals surface area contributed by atoms with Crippen LogP contribution in [-0.2, 0) is 0 Å². The van der Waals surface area contributed by atoms with Crippen molar-refractivity contribution in [3.8, 4) is 0 Å². The molecule has 0 saturated heterocycles. The van der Waals surface area contributed by atoms with E-state index in [9.17, 15) is 8.78 Å². The highest BCUT2D eigenvalue weighted by Crippen LogP contribution is 2.22. The average Bonchev–Trinajstić information content (AvgIpc) is 2.40. The number of rotatable bonds is 2. The lowest BCUT2D eigenvalue weighted by atomic mass is 9.91. The highest BCUT2D eigenvalue weighted by Gasteiger charge is 2.05. The monoisotopic (exact) mass is 273 g/mol. The number of halogens is 2. The molecule has 0 radical (unpaired) electrons. The lowest BCUT2D eigenvalue weighted by Gasteiger charge is -2.15. The third-order valence-corrected chi connectivity index (χ3v) is 2.84. The van der Waals surface area contributed by atoms with Gasteiger partial charge in [-0.25, -0.2) is 8.78 Å². The predicted octanol–water partition coefficient (Wildman–Crippen LogP) is 5.67. The summed E-state index contributed by atoms with van der Waals surface area (Å²) < 4.78 is 23.5. The Bertz CT molecular complexity index is 264. The molecule has 19 heavy (non-hydrogen) atoms. The fraction of sp³-hybridized carbons (Fsp3) is 0.625. The van der Waals surface area contributed by atoms with Crippen LogP contribution in [-0.4, -0.2) is 7.05 Å². The molecule has 1 aliphatic rings. The molecule has 0 heterocycles. The van der Waals surface area contributed by atoms with E-state index in [1.807, 2.05) is 6.92 Å². The highest BCUT2D eigenvalue weighted by molar-refractivity contribution is 5.14. The van der Waals surface area contributed by atoms with Gasteiger partial charge in [-0.3, -0.25) is 0 Å². The molecule has 0 aliphatic heterocycles. The minimum atomic E-state index is -0.583. The molecular weight excluding hydrogens is 244 g/mol. The van der Waals surface area contributed by atoms with Crippen molar-refractivity contribution in [1.82, 2.24) is 5.32 Å². The molecule has 1 saturated carbocycles. The van der Waals surface area contributed by atoms with Crippen LogP contribution in [0.4, 0.5) is 8.78 Å². The van der Waals surface area contributed by atoms with E-state index in [1.54, 1.807) is 13.1 Å². The second-order valence-corrected chi connectivity index (χ2v) is 4.67. The fourth-order valence-corrected chi connectivity index (χ4v) is 1.61. The van der Waals surface area contributed by atoms with Gasteiger partial charge in [0.25, 0.3) is 0 Å². The molecule has 1 nitrogen and oxygen atoms in total. The number of hydrogen-bond acceptors (Lipinski definition) is 1. The maximum atomic E-state index is 12.3. The zero-order chi connectivity index (χ0) is 15.1. The van der Waals surface area contributed by atoms with Gasteiger partial charge in [-0.1, -0.05) is 45.1 Å². The molecule has 0 spiro atoms.